The molecular weight excluding hydrogens is 377 g/mol. The summed E-state index contributed by atoms with van der Waals surface area (Å²) in [6, 6.07) is 6.07. The van der Waals surface area contributed by atoms with E-state index >= 15 is 0 Å². The lowest BCUT2D eigenvalue weighted by Crippen LogP contribution is -2.56. The van der Waals surface area contributed by atoms with Crippen molar-refractivity contribution < 1.29 is 23.5 Å². The SMILES string of the molecule is CCCCOC(=O)N1CC(Oc2cc(C)nc(C(=O)Cc3ccc(F)cn3)c2)C1. The number of ether oxygens (including phenoxy) is 2. The Hall–Kier alpha value is -3.03. The van der Waals surface area contributed by atoms with E-state index in [-0.39, 0.29) is 30.1 Å². The van der Waals surface area contributed by atoms with Gasteiger partial charge in [0.1, 0.15) is 23.4 Å². The number of carbonyl (C=O) groups is 2. The fourth-order valence-electron chi connectivity index (χ4n) is 2.86. The zero-order chi connectivity index (χ0) is 20.8. The standard InChI is InChI=1S/C21H24FN3O4/c1-3-4-7-28-21(27)25-12-18(13-25)29-17-8-14(2)24-19(10-17)20(26)9-16-6-5-15(22)11-23-16/h5-6,8,10-11,18H,3-4,7,9,12-13H2,1-2H3. The number of hydrogen-bond acceptors (Lipinski definition) is 6. The van der Waals surface area contributed by atoms with Crippen molar-refractivity contribution in [3.05, 3.63) is 53.4 Å². The van der Waals surface area contributed by atoms with Gasteiger partial charge in [-0.15, -0.1) is 0 Å². The number of aryl methyl sites for hydroxylation is 1. The van der Waals surface area contributed by atoms with E-state index in [1.165, 1.54) is 12.1 Å². The molecule has 0 saturated carbocycles. The Morgan fingerprint density at radius 2 is 2.07 bits per heavy atom. The van der Waals surface area contributed by atoms with E-state index in [4.69, 9.17) is 9.47 Å². The highest BCUT2D eigenvalue weighted by atomic mass is 19.1. The molecule has 29 heavy (non-hydrogen) atoms. The lowest BCUT2D eigenvalue weighted by molar-refractivity contribution is 0.0108. The summed E-state index contributed by atoms with van der Waals surface area (Å²) in [7, 11) is 0. The topological polar surface area (TPSA) is 81.6 Å². The first-order valence-electron chi connectivity index (χ1n) is 9.65. The van der Waals surface area contributed by atoms with Crippen molar-refractivity contribution in [1.29, 1.82) is 0 Å². The number of pyridine rings is 2. The normalized spacial score (nSPS) is 13.7. The van der Waals surface area contributed by atoms with Gasteiger partial charge in [0.15, 0.2) is 5.78 Å². The van der Waals surface area contributed by atoms with Crippen molar-refractivity contribution in [2.45, 2.75) is 39.2 Å². The largest absolute Gasteiger partial charge is 0.487 e. The van der Waals surface area contributed by atoms with Gasteiger partial charge in [-0.05, 0) is 25.5 Å². The van der Waals surface area contributed by atoms with Crippen LogP contribution in [0.25, 0.3) is 0 Å². The third-order valence-corrected chi connectivity index (χ3v) is 4.48. The predicted molar refractivity (Wildman–Crippen MR) is 103 cm³/mol. The summed E-state index contributed by atoms with van der Waals surface area (Å²) in [6.07, 6.45) is 2.44. The third-order valence-electron chi connectivity index (χ3n) is 4.48. The number of rotatable bonds is 8. The first kappa shape index (κ1) is 20.7. The zero-order valence-corrected chi connectivity index (χ0v) is 16.6. The van der Waals surface area contributed by atoms with Crippen molar-refractivity contribution in [3.8, 4) is 5.75 Å². The first-order chi connectivity index (χ1) is 13.9. The van der Waals surface area contributed by atoms with Crippen LogP contribution in [0.3, 0.4) is 0 Å². The minimum Gasteiger partial charge on any atom is -0.487 e. The van der Waals surface area contributed by atoms with Crippen LogP contribution in [-0.4, -0.2) is 52.5 Å². The molecule has 8 heteroatoms. The van der Waals surface area contributed by atoms with E-state index in [0.29, 0.717) is 36.8 Å². The number of nitrogens with zero attached hydrogens (tertiary/aromatic N) is 3. The zero-order valence-electron chi connectivity index (χ0n) is 16.6. The molecule has 1 saturated heterocycles. The maximum atomic E-state index is 13.0. The van der Waals surface area contributed by atoms with E-state index in [2.05, 4.69) is 9.97 Å². The summed E-state index contributed by atoms with van der Waals surface area (Å²) in [5.74, 6) is -0.154. The van der Waals surface area contributed by atoms with Gasteiger partial charge in [0.25, 0.3) is 0 Å². The molecule has 1 aliphatic heterocycles. The highest BCUT2D eigenvalue weighted by Crippen LogP contribution is 2.21. The molecule has 0 spiro atoms. The minimum absolute atomic E-state index is 0.0248. The van der Waals surface area contributed by atoms with Gasteiger partial charge >= 0.3 is 6.09 Å². The van der Waals surface area contributed by atoms with Gasteiger partial charge in [0.2, 0.25) is 0 Å². The van der Waals surface area contributed by atoms with E-state index in [1.807, 2.05) is 6.92 Å². The fraction of sp³-hybridized carbons (Fsp3) is 0.429. The van der Waals surface area contributed by atoms with Gasteiger partial charge < -0.3 is 14.4 Å². The molecule has 0 atom stereocenters. The Balaban J connectivity index is 1.55. The monoisotopic (exact) mass is 401 g/mol. The van der Waals surface area contributed by atoms with Crippen LogP contribution >= 0.6 is 0 Å². The molecule has 1 amide bonds. The second-order valence-corrected chi connectivity index (χ2v) is 7.01. The van der Waals surface area contributed by atoms with Crippen LogP contribution in [0.2, 0.25) is 0 Å². The Kier molecular flexibility index (Phi) is 6.74. The molecule has 0 N–H and O–H groups in total. The van der Waals surface area contributed by atoms with Gasteiger partial charge in [-0.3, -0.25) is 9.78 Å². The smallest absolute Gasteiger partial charge is 0.410 e. The molecule has 0 radical (unpaired) electrons. The molecule has 0 aromatic carbocycles. The molecule has 0 bridgehead atoms. The predicted octanol–water partition coefficient (Wildman–Crippen LogP) is 3.35. The summed E-state index contributed by atoms with van der Waals surface area (Å²) in [6.45, 7) is 5.12. The number of aromatic nitrogens is 2. The second-order valence-electron chi connectivity index (χ2n) is 7.01. The Bertz CT molecular complexity index is 867. The third kappa shape index (κ3) is 5.73. The highest BCUT2D eigenvalue weighted by Gasteiger charge is 2.33. The average molecular weight is 401 g/mol. The number of Topliss-reactive ketones (excluding diaryl/α,β-unsaturated/α-hetero) is 1. The molecule has 0 unspecified atom stereocenters. The molecule has 2 aromatic heterocycles. The Labute approximate surface area is 168 Å². The summed E-state index contributed by atoms with van der Waals surface area (Å²) >= 11 is 0. The molecule has 3 heterocycles. The number of amides is 1. The van der Waals surface area contributed by atoms with Crippen molar-refractivity contribution in [3.63, 3.8) is 0 Å². The van der Waals surface area contributed by atoms with E-state index < -0.39 is 5.82 Å². The molecule has 2 aromatic rings. The van der Waals surface area contributed by atoms with Crippen molar-refractivity contribution >= 4 is 11.9 Å². The number of unbranched alkanes of at least 4 members (excludes halogenated alkanes) is 1. The highest BCUT2D eigenvalue weighted by molar-refractivity contribution is 5.95. The number of likely N-dealkylation sites (tertiary alicyclic amines) is 1. The van der Waals surface area contributed by atoms with E-state index in [1.54, 1.807) is 24.0 Å². The number of halogens is 1. The van der Waals surface area contributed by atoms with Gasteiger partial charge in [0.05, 0.1) is 32.3 Å². The number of hydrogen-bond donors (Lipinski definition) is 0. The maximum absolute atomic E-state index is 13.0. The van der Waals surface area contributed by atoms with Crippen LogP contribution in [0.15, 0.2) is 30.5 Å². The fourth-order valence-corrected chi connectivity index (χ4v) is 2.86. The van der Waals surface area contributed by atoms with Gasteiger partial charge in [-0.1, -0.05) is 13.3 Å². The Morgan fingerprint density at radius 1 is 1.28 bits per heavy atom. The van der Waals surface area contributed by atoms with Gasteiger partial charge in [0, 0.05) is 23.5 Å². The van der Waals surface area contributed by atoms with Crippen molar-refractivity contribution in [2.24, 2.45) is 0 Å². The quantitative estimate of drug-likeness (QED) is 0.498. The lowest BCUT2D eigenvalue weighted by atomic mass is 10.1. The average Bonchev–Trinajstić information content (AvgIpc) is 2.65. The van der Waals surface area contributed by atoms with E-state index in [9.17, 15) is 14.0 Å². The molecule has 1 aliphatic rings. The van der Waals surface area contributed by atoms with E-state index in [0.717, 1.165) is 19.0 Å². The van der Waals surface area contributed by atoms with Gasteiger partial charge in [-0.25, -0.2) is 14.2 Å². The Morgan fingerprint density at radius 3 is 2.76 bits per heavy atom. The van der Waals surface area contributed by atoms with Crippen LogP contribution in [0.4, 0.5) is 9.18 Å². The second kappa shape index (κ2) is 9.45. The maximum Gasteiger partial charge on any atom is 0.410 e. The number of carbonyl (C=O) groups excluding carboxylic acids is 2. The molecular formula is C21H24FN3O4. The van der Waals surface area contributed by atoms with Crippen molar-refractivity contribution in [1.82, 2.24) is 14.9 Å². The van der Waals surface area contributed by atoms with Crippen molar-refractivity contribution in [2.75, 3.05) is 19.7 Å². The molecule has 1 fully saturated rings. The molecule has 0 aliphatic carbocycles. The van der Waals surface area contributed by atoms with Crippen LogP contribution in [-0.2, 0) is 11.2 Å². The van der Waals surface area contributed by atoms with Crippen LogP contribution in [0.1, 0.15) is 41.6 Å². The van der Waals surface area contributed by atoms with Crippen LogP contribution in [0, 0.1) is 12.7 Å². The summed E-state index contributed by atoms with van der Waals surface area (Å²) < 4.78 is 24.0. The summed E-state index contributed by atoms with van der Waals surface area (Å²) in [5, 5.41) is 0. The van der Waals surface area contributed by atoms with Crippen LogP contribution < -0.4 is 4.74 Å². The summed E-state index contributed by atoms with van der Waals surface area (Å²) in [4.78, 5) is 34.1. The van der Waals surface area contributed by atoms with Crippen LogP contribution in [0.5, 0.6) is 5.75 Å². The molecule has 7 nitrogen and oxygen atoms in total. The first-order valence-corrected chi connectivity index (χ1v) is 9.65. The molecule has 154 valence electrons. The van der Waals surface area contributed by atoms with Gasteiger partial charge in [-0.2, -0.15) is 0 Å². The lowest BCUT2D eigenvalue weighted by Gasteiger charge is -2.38. The molecule has 3 rings (SSSR count). The number of ketones is 1. The summed E-state index contributed by atoms with van der Waals surface area (Å²) in [5.41, 5.74) is 1.38. The minimum atomic E-state index is -0.450.